The van der Waals surface area contributed by atoms with Gasteiger partial charge in [-0.25, -0.2) is 4.79 Å². The van der Waals surface area contributed by atoms with Crippen LogP contribution < -0.4 is 5.32 Å². The number of carbonyl (C=O) groups is 2. The highest BCUT2D eigenvalue weighted by atomic mass is 16.4. The third-order valence-electron chi connectivity index (χ3n) is 3.32. The number of aryl methyl sites for hydroxylation is 1. The van der Waals surface area contributed by atoms with Gasteiger partial charge in [0.1, 0.15) is 6.04 Å². The molecule has 5 heteroatoms. The molecule has 20 heavy (non-hydrogen) atoms. The molecule has 2 aromatic rings. The Bertz CT molecular complexity index is 646. The van der Waals surface area contributed by atoms with Crippen molar-refractivity contribution in [2.45, 2.75) is 25.8 Å². The summed E-state index contributed by atoms with van der Waals surface area (Å²) < 4.78 is 1.86. The minimum atomic E-state index is -1.000. The number of carbonyl (C=O) groups excluding carboxylic acids is 1. The molecule has 0 saturated heterocycles. The molecule has 0 bridgehead atoms. The summed E-state index contributed by atoms with van der Waals surface area (Å²) in [6.45, 7) is 1.89. The largest absolute Gasteiger partial charge is 0.480 e. The maximum Gasteiger partial charge on any atom is 0.326 e. The second-order valence-corrected chi connectivity index (χ2v) is 4.82. The monoisotopic (exact) mass is 274 g/mol. The van der Waals surface area contributed by atoms with Gasteiger partial charge in [0, 0.05) is 24.1 Å². The third-order valence-corrected chi connectivity index (χ3v) is 3.32. The molecule has 1 heterocycles. The van der Waals surface area contributed by atoms with Gasteiger partial charge in [-0.15, -0.1) is 0 Å². The molecule has 1 aromatic carbocycles. The van der Waals surface area contributed by atoms with Crippen LogP contribution in [0.5, 0.6) is 0 Å². The molecule has 1 amide bonds. The number of aliphatic carboxylic acids is 1. The lowest BCUT2D eigenvalue weighted by molar-refractivity contribution is -0.139. The Morgan fingerprint density at radius 2 is 2.05 bits per heavy atom. The maximum absolute atomic E-state index is 12.3. The Hall–Kier alpha value is -2.30. The van der Waals surface area contributed by atoms with E-state index in [1.807, 2.05) is 42.8 Å². The summed E-state index contributed by atoms with van der Waals surface area (Å²) in [5.41, 5.74) is 1.45. The van der Waals surface area contributed by atoms with Crippen LogP contribution in [0.2, 0.25) is 0 Å². The first kappa shape index (κ1) is 14.1. The van der Waals surface area contributed by atoms with Gasteiger partial charge >= 0.3 is 5.97 Å². The van der Waals surface area contributed by atoms with Crippen molar-refractivity contribution >= 4 is 22.8 Å². The molecular weight excluding hydrogens is 256 g/mol. The highest BCUT2D eigenvalue weighted by Gasteiger charge is 2.21. The number of benzene rings is 1. The van der Waals surface area contributed by atoms with E-state index >= 15 is 0 Å². The average molecular weight is 274 g/mol. The van der Waals surface area contributed by atoms with Crippen molar-refractivity contribution in [2.24, 2.45) is 7.05 Å². The van der Waals surface area contributed by atoms with E-state index in [0.29, 0.717) is 18.4 Å². The zero-order valence-corrected chi connectivity index (χ0v) is 11.6. The van der Waals surface area contributed by atoms with Crippen LogP contribution in [0.3, 0.4) is 0 Å². The molecular formula is C15H18N2O3. The fraction of sp³-hybridized carbons (Fsp3) is 0.333. The van der Waals surface area contributed by atoms with Crippen LogP contribution in [0.15, 0.2) is 30.5 Å². The predicted octanol–water partition coefficient (Wildman–Crippen LogP) is 2.16. The highest BCUT2D eigenvalue weighted by molar-refractivity contribution is 6.07. The van der Waals surface area contributed by atoms with E-state index in [1.165, 1.54) is 0 Å². The molecule has 2 N–H and O–H groups in total. The van der Waals surface area contributed by atoms with Gasteiger partial charge in [-0.1, -0.05) is 31.5 Å². The number of hydrogen-bond donors (Lipinski definition) is 2. The molecule has 0 unspecified atom stereocenters. The summed E-state index contributed by atoms with van der Waals surface area (Å²) in [5.74, 6) is -1.34. The van der Waals surface area contributed by atoms with Gasteiger partial charge < -0.3 is 15.0 Å². The highest BCUT2D eigenvalue weighted by Crippen LogP contribution is 2.20. The summed E-state index contributed by atoms with van der Waals surface area (Å²) in [7, 11) is 1.86. The average Bonchev–Trinajstić information content (AvgIpc) is 2.76. The molecule has 1 atom stereocenters. The van der Waals surface area contributed by atoms with Crippen LogP contribution in [0, 0.1) is 0 Å². The van der Waals surface area contributed by atoms with Crippen molar-refractivity contribution in [3.8, 4) is 0 Å². The number of para-hydroxylation sites is 1. The van der Waals surface area contributed by atoms with E-state index in [1.54, 1.807) is 6.20 Å². The first-order valence-electron chi connectivity index (χ1n) is 6.62. The quantitative estimate of drug-likeness (QED) is 0.877. The van der Waals surface area contributed by atoms with Gasteiger partial charge in [0.15, 0.2) is 0 Å². The van der Waals surface area contributed by atoms with Crippen LogP contribution in [0.25, 0.3) is 10.9 Å². The molecule has 0 radical (unpaired) electrons. The normalized spacial score (nSPS) is 12.3. The number of amides is 1. The zero-order valence-electron chi connectivity index (χ0n) is 11.6. The smallest absolute Gasteiger partial charge is 0.326 e. The zero-order chi connectivity index (χ0) is 14.7. The van der Waals surface area contributed by atoms with Crippen molar-refractivity contribution in [1.82, 2.24) is 9.88 Å². The van der Waals surface area contributed by atoms with Crippen molar-refractivity contribution in [1.29, 1.82) is 0 Å². The van der Waals surface area contributed by atoms with Crippen molar-refractivity contribution in [3.63, 3.8) is 0 Å². The van der Waals surface area contributed by atoms with E-state index in [-0.39, 0.29) is 5.91 Å². The maximum atomic E-state index is 12.3. The number of carboxylic acid groups (broad SMARTS) is 1. The summed E-state index contributed by atoms with van der Waals surface area (Å²) in [5, 5.41) is 12.5. The number of carboxylic acids is 1. The number of nitrogens with zero attached hydrogens (tertiary/aromatic N) is 1. The van der Waals surface area contributed by atoms with E-state index in [9.17, 15) is 9.59 Å². The minimum absolute atomic E-state index is 0.345. The molecule has 0 aliphatic carbocycles. The first-order chi connectivity index (χ1) is 9.54. The van der Waals surface area contributed by atoms with Gasteiger partial charge in [-0.05, 0) is 12.5 Å². The molecule has 0 spiro atoms. The second kappa shape index (κ2) is 5.77. The van der Waals surface area contributed by atoms with E-state index in [0.717, 1.165) is 10.9 Å². The van der Waals surface area contributed by atoms with Gasteiger partial charge in [0.05, 0.1) is 5.56 Å². The molecule has 5 nitrogen and oxygen atoms in total. The van der Waals surface area contributed by atoms with E-state index in [2.05, 4.69) is 5.32 Å². The van der Waals surface area contributed by atoms with Crippen molar-refractivity contribution in [3.05, 3.63) is 36.0 Å². The van der Waals surface area contributed by atoms with Gasteiger partial charge in [-0.3, -0.25) is 4.79 Å². The van der Waals surface area contributed by atoms with Crippen molar-refractivity contribution < 1.29 is 14.7 Å². The number of aromatic nitrogens is 1. The number of hydrogen-bond acceptors (Lipinski definition) is 2. The summed E-state index contributed by atoms with van der Waals surface area (Å²) in [6.07, 6.45) is 2.85. The SMILES string of the molecule is CCC[C@H](NC(=O)c1cn(C)c2ccccc12)C(=O)O. The minimum Gasteiger partial charge on any atom is -0.480 e. The lowest BCUT2D eigenvalue weighted by Crippen LogP contribution is -2.40. The van der Waals surface area contributed by atoms with E-state index < -0.39 is 12.0 Å². The number of rotatable bonds is 5. The summed E-state index contributed by atoms with van der Waals surface area (Å²) in [4.78, 5) is 23.4. The van der Waals surface area contributed by atoms with Gasteiger partial charge in [0.25, 0.3) is 5.91 Å². The fourth-order valence-electron chi connectivity index (χ4n) is 2.30. The number of nitrogens with one attached hydrogen (secondary N) is 1. The lowest BCUT2D eigenvalue weighted by atomic mass is 10.1. The van der Waals surface area contributed by atoms with E-state index in [4.69, 9.17) is 5.11 Å². The van der Waals surface area contributed by atoms with Crippen LogP contribution >= 0.6 is 0 Å². The Morgan fingerprint density at radius 1 is 1.35 bits per heavy atom. The fourth-order valence-corrected chi connectivity index (χ4v) is 2.30. The Morgan fingerprint density at radius 3 is 2.70 bits per heavy atom. The molecule has 106 valence electrons. The summed E-state index contributed by atoms with van der Waals surface area (Å²) >= 11 is 0. The van der Waals surface area contributed by atoms with Gasteiger partial charge in [0.2, 0.25) is 0 Å². The second-order valence-electron chi connectivity index (χ2n) is 4.82. The third kappa shape index (κ3) is 2.66. The van der Waals surface area contributed by atoms with Crippen molar-refractivity contribution in [2.75, 3.05) is 0 Å². The van der Waals surface area contributed by atoms with Crippen LogP contribution in [0.4, 0.5) is 0 Å². The van der Waals surface area contributed by atoms with Gasteiger partial charge in [-0.2, -0.15) is 0 Å². The standard InChI is InChI=1S/C15H18N2O3/c1-3-6-12(15(19)20)16-14(18)11-9-17(2)13-8-5-4-7-10(11)13/h4-5,7-9,12H,3,6H2,1-2H3,(H,16,18)(H,19,20)/t12-/m0/s1. The molecule has 2 rings (SSSR count). The Labute approximate surface area is 117 Å². The van der Waals surface area contributed by atoms with Crippen LogP contribution in [-0.4, -0.2) is 27.6 Å². The summed E-state index contributed by atoms with van der Waals surface area (Å²) in [6, 6.07) is 6.71. The topological polar surface area (TPSA) is 71.3 Å². The molecule has 0 aliphatic heterocycles. The lowest BCUT2D eigenvalue weighted by Gasteiger charge is -2.12. The first-order valence-corrected chi connectivity index (χ1v) is 6.62. The predicted molar refractivity (Wildman–Crippen MR) is 76.7 cm³/mol. The molecule has 0 saturated carbocycles. The van der Waals surface area contributed by atoms with Crippen LogP contribution in [-0.2, 0) is 11.8 Å². The molecule has 1 aromatic heterocycles. The van der Waals surface area contributed by atoms with Crippen LogP contribution in [0.1, 0.15) is 30.1 Å². The Kier molecular flexibility index (Phi) is 4.08. The molecule has 0 aliphatic rings. The number of fused-ring (bicyclic) bond motifs is 1. The molecule has 0 fully saturated rings. The Balaban J connectivity index is 2.29.